The monoisotopic (exact) mass is 474 g/mol. The smallest absolute Gasteiger partial charge is 0.269 e. The zero-order valence-electron chi connectivity index (χ0n) is 20.2. The normalized spacial score (nSPS) is 11.7. The highest BCUT2D eigenvalue weighted by Gasteiger charge is 2.18. The van der Waals surface area contributed by atoms with Gasteiger partial charge in [-0.1, -0.05) is 43.3 Å². The van der Waals surface area contributed by atoms with Crippen LogP contribution in [0.3, 0.4) is 0 Å². The summed E-state index contributed by atoms with van der Waals surface area (Å²) in [5.74, 6) is 1.11. The fourth-order valence-electron chi connectivity index (χ4n) is 3.51. The Balaban J connectivity index is 1.75. The molecule has 0 heterocycles. The maximum absolute atomic E-state index is 13.1. The van der Waals surface area contributed by atoms with Crippen molar-refractivity contribution in [1.29, 1.82) is 0 Å². The molecule has 0 aliphatic carbocycles. The molecule has 0 N–H and O–H groups in total. The Morgan fingerprint density at radius 1 is 1.03 bits per heavy atom. The molecule has 0 aliphatic heterocycles. The van der Waals surface area contributed by atoms with Gasteiger partial charge < -0.3 is 14.4 Å². The Morgan fingerprint density at radius 3 is 2.37 bits per heavy atom. The van der Waals surface area contributed by atoms with Gasteiger partial charge in [-0.15, -0.1) is 0 Å². The van der Waals surface area contributed by atoms with Gasteiger partial charge in [0.25, 0.3) is 5.69 Å². The van der Waals surface area contributed by atoms with Gasteiger partial charge >= 0.3 is 0 Å². The van der Waals surface area contributed by atoms with Gasteiger partial charge in [-0.3, -0.25) is 14.9 Å². The topological polar surface area (TPSA) is 81.9 Å². The Labute approximate surface area is 205 Å². The van der Waals surface area contributed by atoms with E-state index in [0.717, 1.165) is 17.5 Å². The highest BCUT2D eigenvalue weighted by atomic mass is 16.6. The van der Waals surface area contributed by atoms with E-state index in [1.165, 1.54) is 18.2 Å². The number of methoxy groups -OCH3 is 1. The summed E-state index contributed by atoms with van der Waals surface area (Å²) in [6.07, 6.45) is 3.97. The molecule has 0 aromatic heterocycles. The molecule has 35 heavy (non-hydrogen) atoms. The number of hydrogen-bond acceptors (Lipinski definition) is 5. The molecular weight excluding hydrogens is 444 g/mol. The van der Waals surface area contributed by atoms with Crippen LogP contribution in [0.1, 0.15) is 37.0 Å². The number of nitro groups is 1. The quantitative estimate of drug-likeness (QED) is 0.193. The molecule has 1 unspecified atom stereocenters. The minimum Gasteiger partial charge on any atom is -0.493 e. The van der Waals surface area contributed by atoms with Crippen molar-refractivity contribution in [1.82, 2.24) is 4.90 Å². The van der Waals surface area contributed by atoms with Gasteiger partial charge in [0.1, 0.15) is 6.61 Å². The largest absolute Gasteiger partial charge is 0.493 e. The molecule has 0 saturated heterocycles. The summed E-state index contributed by atoms with van der Waals surface area (Å²) in [5.41, 5.74) is 2.70. The lowest BCUT2D eigenvalue weighted by Crippen LogP contribution is -2.36. The summed E-state index contributed by atoms with van der Waals surface area (Å²) in [7, 11) is 1.60. The van der Waals surface area contributed by atoms with Crippen molar-refractivity contribution >= 4 is 17.7 Å². The summed E-state index contributed by atoms with van der Waals surface area (Å²) < 4.78 is 11.5. The molecule has 0 aliphatic rings. The number of amides is 1. The second kappa shape index (κ2) is 12.4. The predicted molar refractivity (Wildman–Crippen MR) is 136 cm³/mol. The molecule has 3 aromatic rings. The van der Waals surface area contributed by atoms with Crippen LogP contribution in [-0.4, -0.2) is 28.9 Å². The van der Waals surface area contributed by atoms with Gasteiger partial charge in [-0.25, -0.2) is 0 Å². The lowest BCUT2D eigenvalue weighted by Gasteiger charge is -2.28. The number of hydrogen-bond donors (Lipinski definition) is 0. The van der Waals surface area contributed by atoms with E-state index in [9.17, 15) is 14.9 Å². The van der Waals surface area contributed by atoms with E-state index < -0.39 is 4.92 Å². The van der Waals surface area contributed by atoms with Crippen LogP contribution in [0.15, 0.2) is 78.9 Å². The predicted octanol–water partition coefficient (Wildman–Crippen LogP) is 6.02. The second-order valence-corrected chi connectivity index (χ2v) is 8.16. The van der Waals surface area contributed by atoms with Crippen molar-refractivity contribution < 1.29 is 19.2 Å². The highest BCUT2D eigenvalue weighted by molar-refractivity contribution is 5.92. The Bertz CT molecular complexity index is 1160. The van der Waals surface area contributed by atoms with Crippen LogP contribution < -0.4 is 9.47 Å². The maximum Gasteiger partial charge on any atom is 0.269 e. The second-order valence-electron chi connectivity index (χ2n) is 8.16. The lowest BCUT2D eigenvalue weighted by atomic mass is 10.1. The van der Waals surface area contributed by atoms with Crippen LogP contribution in [0.4, 0.5) is 5.69 Å². The first-order valence-electron chi connectivity index (χ1n) is 11.5. The first-order valence-corrected chi connectivity index (χ1v) is 11.5. The molecule has 0 saturated carbocycles. The first kappa shape index (κ1) is 25.5. The standard InChI is InChI=1S/C28H30N2O5/c1-4-21(2)29(28(31)17-13-22-10-14-25(15-11-22)30(32)33)19-24-12-16-26(34-3)27(18-24)35-20-23-8-6-5-7-9-23/h5-18,21H,4,19-20H2,1-3H3/b17-13+. The number of non-ortho nitro benzene ring substituents is 1. The zero-order chi connectivity index (χ0) is 25.2. The zero-order valence-corrected chi connectivity index (χ0v) is 20.2. The molecule has 0 bridgehead atoms. The molecule has 3 rings (SSSR count). The molecule has 182 valence electrons. The molecule has 1 amide bonds. The van der Waals surface area contributed by atoms with Crippen LogP contribution in [0.25, 0.3) is 6.08 Å². The summed E-state index contributed by atoms with van der Waals surface area (Å²) in [4.78, 5) is 25.3. The van der Waals surface area contributed by atoms with E-state index in [1.54, 1.807) is 30.2 Å². The van der Waals surface area contributed by atoms with Crippen molar-refractivity contribution in [2.75, 3.05) is 7.11 Å². The fraction of sp³-hybridized carbons (Fsp3) is 0.250. The van der Waals surface area contributed by atoms with E-state index in [2.05, 4.69) is 0 Å². The van der Waals surface area contributed by atoms with Gasteiger partial charge in [0.2, 0.25) is 5.91 Å². The third-order valence-electron chi connectivity index (χ3n) is 5.75. The van der Waals surface area contributed by atoms with Gasteiger partial charge in [-0.2, -0.15) is 0 Å². The van der Waals surface area contributed by atoms with Crippen molar-refractivity contribution in [2.45, 2.75) is 39.5 Å². The van der Waals surface area contributed by atoms with Crippen LogP contribution in [0, 0.1) is 10.1 Å². The van der Waals surface area contributed by atoms with Gasteiger partial charge in [0, 0.05) is 30.8 Å². The number of nitro benzene ring substituents is 1. The van der Waals surface area contributed by atoms with E-state index >= 15 is 0 Å². The van der Waals surface area contributed by atoms with E-state index in [4.69, 9.17) is 9.47 Å². The minimum atomic E-state index is -0.448. The van der Waals surface area contributed by atoms with Gasteiger partial charge in [0.15, 0.2) is 11.5 Å². The van der Waals surface area contributed by atoms with Gasteiger partial charge in [0.05, 0.1) is 12.0 Å². The molecule has 1 atom stereocenters. The highest BCUT2D eigenvalue weighted by Crippen LogP contribution is 2.30. The number of carbonyl (C=O) groups is 1. The van der Waals surface area contributed by atoms with E-state index in [0.29, 0.717) is 30.2 Å². The average Bonchev–Trinajstić information content (AvgIpc) is 2.89. The van der Waals surface area contributed by atoms with Crippen molar-refractivity contribution in [3.05, 3.63) is 106 Å². The molecule has 3 aromatic carbocycles. The Hall–Kier alpha value is -4.13. The summed E-state index contributed by atoms with van der Waals surface area (Å²) >= 11 is 0. The molecule has 0 radical (unpaired) electrons. The number of benzene rings is 3. The molecular formula is C28H30N2O5. The molecule has 0 spiro atoms. The van der Waals surface area contributed by atoms with Crippen molar-refractivity contribution in [2.24, 2.45) is 0 Å². The molecule has 7 heteroatoms. The minimum absolute atomic E-state index is 0.0134. The number of carbonyl (C=O) groups excluding carboxylic acids is 1. The van der Waals surface area contributed by atoms with Crippen LogP contribution in [-0.2, 0) is 17.9 Å². The van der Waals surface area contributed by atoms with E-state index in [1.807, 2.05) is 62.4 Å². The van der Waals surface area contributed by atoms with Gasteiger partial charge in [-0.05, 0) is 60.4 Å². The van der Waals surface area contributed by atoms with Crippen molar-refractivity contribution in [3.8, 4) is 11.5 Å². The Morgan fingerprint density at radius 2 is 1.74 bits per heavy atom. The molecule has 7 nitrogen and oxygen atoms in total. The Kier molecular flexibility index (Phi) is 9.01. The summed E-state index contributed by atoms with van der Waals surface area (Å²) in [5, 5.41) is 10.8. The average molecular weight is 475 g/mol. The lowest BCUT2D eigenvalue weighted by molar-refractivity contribution is -0.384. The van der Waals surface area contributed by atoms with Crippen LogP contribution in [0.2, 0.25) is 0 Å². The maximum atomic E-state index is 13.1. The third kappa shape index (κ3) is 7.17. The SMILES string of the molecule is CCC(C)N(Cc1ccc(OC)c(OCc2ccccc2)c1)C(=O)/C=C/c1ccc([N+](=O)[O-])cc1. The van der Waals surface area contributed by atoms with E-state index in [-0.39, 0.29) is 17.6 Å². The van der Waals surface area contributed by atoms with Crippen LogP contribution in [0.5, 0.6) is 11.5 Å². The molecule has 0 fully saturated rings. The third-order valence-corrected chi connectivity index (χ3v) is 5.75. The van der Waals surface area contributed by atoms with Crippen LogP contribution >= 0.6 is 0 Å². The first-order chi connectivity index (χ1) is 16.9. The summed E-state index contributed by atoms with van der Waals surface area (Å²) in [6.45, 7) is 4.86. The number of ether oxygens (including phenoxy) is 2. The summed E-state index contributed by atoms with van der Waals surface area (Å²) in [6, 6.07) is 21.7. The fourth-order valence-corrected chi connectivity index (χ4v) is 3.51. The van der Waals surface area contributed by atoms with Crippen molar-refractivity contribution in [3.63, 3.8) is 0 Å². The number of rotatable bonds is 11. The number of nitrogens with zero attached hydrogens (tertiary/aromatic N) is 2.